The van der Waals surface area contributed by atoms with Crippen LogP contribution in [-0.2, 0) is 0 Å². The Morgan fingerprint density at radius 3 is 2.67 bits per heavy atom. The largest absolute Gasteiger partial charge is 0.312 e. The Balaban J connectivity index is 2.58. The zero-order valence-electron chi connectivity index (χ0n) is 10.9. The number of nitrogens with zero attached hydrogens (tertiary/aromatic N) is 1. The highest BCUT2D eigenvalue weighted by Gasteiger charge is 2.13. The first-order valence-corrected chi connectivity index (χ1v) is 6.29. The molecule has 0 bridgehead atoms. The van der Waals surface area contributed by atoms with Crippen LogP contribution in [0.25, 0.3) is 11.3 Å². The summed E-state index contributed by atoms with van der Waals surface area (Å²) in [7, 11) is 0. The van der Waals surface area contributed by atoms with Gasteiger partial charge >= 0.3 is 0 Å². The third-order valence-electron chi connectivity index (χ3n) is 3.27. The van der Waals surface area contributed by atoms with Crippen molar-refractivity contribution in [3.63, 3.8) is 0 Å². The van der Waals surface area contributed by atoms with E-state index in [4.69, 9.17) is 5.41 Å². The Labute approximate surface area is 108 Å². The number of aromatic nitrogens is 1. The fourth-order valence-corrected chi connectivity index (χ4v) is 2.23. The van der Waals surface area contributed by atoms with Gasteiger partial charge in [-0.05, 0) is 30.5 Å². The molecule has 2 rings (SSSR count). The Morgan fingerprint density at radius 2 is 2.00 bits per heavy atom. The number of rotatable bonds is 4. The van der Waals surface area contributed by atoms with Crippen molar-refractivity contribution in [3.8, 4) is 11.3 Å². The molecule has 1 aromatic carbocycles. The summed E-state index contributed by atoms with van der Waals surface area (Å²) < 4.78 is 0. The third-order valence-corrected chi connectivity index (χ3v) is 3.27. The number of hydrogen-bond donors (Lipinski definition) is 1. The fraction of sp³-hybridized carbons (Fsp3) is 0.250. The predicted octanol–water partition coefficient (Wildman–Crippen LogP) is 4.20. The maximum absolute atomic E-state index is 7.56. The van der Waals surface area contributed by atoms with E-state index >= 15 is 0 Å². The topological polar surface area (TPSA) is 36.7 Å². The molecule has 0 fully saturated rings. The van der Waals surface area contributed by atoms with Crippen LogP contribution in [0, 0.1) is 12.3 Å². The van der Waals surface area contributed by atoms with Crippen molar-refractivity contribution in [1.82, 2.24) is 4.98 Å². The Hall–Kier alpha value is -1.96. The molecule has 18 heavy (non-hydrogen) atoms. The Kier molecular flexibility index (Phi) is 3.88. The van der Waals surface area contributed by atoms with Gasteiger partial charge in [0.25, 0.3) is 0 Å². The van der Waals surface area contributed by atoms with Crippen LogP contribution in [-0.4, -0.2) is 11.2 Å². The van der Waals surface area contributed by atoms with E-state index in [-0.39, 0.29) is 5.92 Å². The van der Waals surface area contributed by atoms with Gasteiger partial charge in [-0.15, -0.1) is 0 Å². The van der Waals surface area contributed by atoms with Crippen molar-refractivity contribution < 1.29 is 0 Å². The zero-order chi connectivity index (χ0) is 13.0. The first kappa shape index (κ1) is 12.5. The number of aryl methyl sites for hydroxylation is 1. The summed E-state index contributed by atoms with van der Waals surface area (Å²) in [6.45, 7) is 4.18. The molecular weight excluding hydrogens is 220 g/mol. The molecule has 1 N–H and O–H groups in total. The first-order chi connectivity index (χ1) is 8.77. The van der Waals surface area contributed by atoms with Gasteiger partial charge in [-0.3, -0.25) is 4.98 Å². The molecule has 1 unspecified atom stereocenters. The summed E-state index contributed by atoms with van der Waals surface area (Å²) in [5.41, 5.74) is 4.53. The first-order valence-electron chi connectivity index (χ1n) is 6.29. The lowest BCUT2D eigenvalue weighted by Gasteiger charge is -2.15. The number of pyridine rings is 1. The van der Waals surface area contributed by atoms with E-state index in [1.165, 1.54) is 17.3 Å². The average molecular weight is 238 g/mol. The second kappa shape index (κ2) is 5.58. The highest BCUT2D eigenvalue weighted by Crippen LogP contribution is 2.30. The van der Waals surface area contributed by atoms with Crippen molar-refractivity contribution in [2.75, 3.05) is 0 Å². The summed E-state index contributed by atoms with van der Waals surface area (Å²) in [6, 6.07) is 12.3. The van der Waals surface area contributed by atoms with Gasteiger partial charge in [0.05, 0.1) is 5.69 Å². The second-order valence-electron chi connectivity index (χ2n) is 4.44. The third kappa shape index (κ3) is 2.33. The van der Waals surface area contributed by atoms with Crippen molar-refractivity contribution in [2.45, 2.75) is 26.2 Å². The number of benzene rings is 1. The molecule has 2 aromatic rings. The van der Waals surface area contributed by atoms with Crippen LogP contribution >= 0.6 is 0 Å². The molecule has 92 valence electrons. The molecule has 0 radical (unpaired) electrons. The van der Waals surface area contributed by atoms with Gasteiger partial charge in [0, 0.05) is 23.9 Å². The predicted molar refractivity (Wildman–Crippen MR) is 76.2 cm³/mol. The van der Waals surface area contributed by atoms with E-state index in [1.807, 2.05) is 24.4 Å². The molecule has 1 atom stereocenters. The van der Waals surface area contributed by atoms with Gasteiger partial charge in [0.15, 0.2) is 0 Å². The van der Waals surface area contributed by atoms with Crippen LogP contribution in [0.5, 0.6) is 0 Å². The highest BCUT2D eigenvalue weighted by molar-refractivity contribution is 5.74. The van der Waals surface area contributed by atoms with Crippen molar-refractivity contribution in [2.24, 2.45) is 0 Å². The minimum absolute atomic E-state index is 0.169. The lowest BCUT2D eigenvalue weighted by atomic mass is 9.90. The van der Waals surface area contributed by atoms with Gasteiger partial charge < -0.3 is 5.41 Å². The lowest BCUT2D eigenvalue weighted by Crippen LogP contribution is -2.01. The van der Waals surface area contributed by atoms with Gasteiger partial charge in [-0.2, -0.15) is 0 Å². The van der Waals surface area contributed by atoms with Crippen LogP contribution in [0.15, 0.2) is 42.6 Å². The van der Waals surface area contributed by atoms with Crippen molar-refractivity contribution >= 4 is 6.21 Å². The summed E-state index contributed by atoms with van der Waals surface area (Å²) in [4.78, 5) is 4.49. The molecule has 1 aromatic heterocycles. The van der Waals surface area contributed by atoms with Gasteiger partial charge in [0.2, 0.25) is 0 Å². The Bertz CT molecular complexity index is 546. The molecular formula is C16H18N2. The standard InChI is InChI=1S/C16H18N2/c1-3-13(11-17)14-8-4-5-9-15(14)16-12(2)7-6-10-18-16/h4-11,13,17H,3H2,1-2H3. The molecule has 0 aliphatic carbocycles. The molecule has 0 spiro atoms. The van der Waals surface area contributed by atoms with E-state index in [2.05, 4.69) is 37.0 Å². The maximum atomic E-state index is 7.56. The second-order valence-corrected chi connectivity index (χ2v) is 4.44. The van der Waals surface area contributed by atoms with Gasteiger partial charge in [0.1, 0.15) is 0 Å². The lowest BCUT2D eigenvalue weighted by molar-refractivity contribution is 0.856. The van der Waals surface area contributed by atoms with E-state index in [0.29, 0.717) is 0 Å². The Morgan fingerprint density at radius 1 is 1.22 bits per heavy atom. The smallest absolute Gasteiger partial charge is 0.0734 e. The molecule has 2 heteroatoms. The van der Waals surface area contributed by atoms with Crippen LogP contribution < -0.4 is 0 Å². The molecule has 0 aliphatic heterocycles. The number of hydrogen-bond acceptors (Lipinski definition) is 2. The summed E-state index contributed by atoms with van der Waals surface area (Å²) in [5, 5.41) is 7.56. The molecule has 2 nitrogen and oxygen atoms in total. The highest BCUT2D eigenvalue weighted by atomic mass is 14.7. The van der Waals surface area contributed by atoms with Crippen LogP contribution in [0.2, 0.25) is 0 Å². The van der Waals surface area contributed by atoms with E-state index in [0.717, 1.165) is 17.7 Å². The minimum atomic E-state index is 0.169. The maximum Gasteiger partial charge on any atom is 0.0734 e. The van der Waals surface area contributed by atoms with Crippen molar-refractivity contribution in [3.05, 3.63) is 53.7 Å². The SMILES string of the molecule is CCC(C=N)c1ccccc1-c1ncccc1C. The summed E-state index contributed by atoms with van der Waals surface area (Å²) >= 11 is 0. The fourth-order valence-electron chi connectivity index (χ4n) is 2.23. The van der Waals surface area contributed by atoms with Crippen LogP contribution in [0.1, 0.15) is 30.4 Å². The van der Waals surface area contributed by atoms with Crippen LogP contribution in [0.3, 0.4) is 0 Å². The van der Waals surface area contributed by atoms with E-state index < -0.39 is 0 Å². The normalized spacial score (nSPS) is 12.1. The van der Waals surface area contributed by atoms with E-state index in [1.54, 1.807) is 0 Å². The molecule has 0 saturated carbocycles. The molecule has 0 amide bonds. The summed E-state index contributed by atoms with van der Waals surface area (Å²) in [6.07, 6.45) is 4.29. The number of nitrogens with one attached hydrogen (secondary N) is 1. The zero-order valence-corrected chi connectivity index (χ0v) is 10.9. The minimum Gasteiger partial charge on any atom is -0.312 e. The van der Waals surface area contributed by atoms with Gasteiger partial charge in [-0.25, -0.2) is 0 Å². The van der Waals surface area contributed by atoms with Crippen LogP contribution in [0.4, 0.5) is 0 Å². The molecule has 0 saturated heterocycles. The van der Waals surface area contributed by atoms with Crippen molar-refractivity contribution in [1.29, 1.82) is 5.41 Å². The monoisotopic (exact) mass is 238 g/mol. The quantitative estimate of drug-likeness (QED) is 0.796. The van der Waals surface area contributed by atoms with E-state index in [9.17, 15) is 0 Å². The molecule has 1 heterocycles. The van der Waals surface area contributed by atoms with Gasteiger partial charge in [-0.1, -0.05) is 37.3 Å². The summed E-state index contributed by atoms with van der Waals surface area (Å²) in [5.74, 6) is 0.169. The average Bonchev–Trinajstić information content (AvgIpc) is 2.41. The molecule has 0 aliphatic rings.